The Morgan fingerprint density at radius 1 is 1.50 bits per heavy atom. The van der Waals surface area contributed by atoms with Gasteiger partial charge in [-0.2, -0.15) is 0 Å². The van der Waals surface area contributed by atoms with Gasteiger partial charge < -0.3 is 0 Å². The molecule has 0 atom stereocenters. The molecule has 48 valence electrons. The maximum Gasteiger partial charge on any atom is 0.0520 e. The maximum atomic E-state index is 3.46. The van der Waals surface area contributed by atoms with Crippen molar-refractivity contribution < 1.29 is 0 Å². The highest BCUT2D eigenvalue weighted by Crippen LogP contribution is 2.31. The van der Waals surface area contributed by atoms with E-state index in [-0.39, 0.29) is 4.32 Å². The summed E-state index contributed by atoms with van der Waals surface area (Å²) >= 11 is 10.0. The second-order valence-corrected chi connectivity index (χ2v) is 5.22. The van der Waals surface area contributed by atoms with Crippen LogP contribution in [0.2, 0.25) is 0 Å². The molecule has 0 fully saturated rings. The number of hydrogen-bond acceptors (Lipinski definition) is 0. The van der Waals surface area contributed by atoms with Crippen molar-refractivity contribution in [1.82, 2.24) is 0 Å². The van der Waals surface area contributed by atoms with Crippen LogP contribution in [-0.2, 0) is 0 Å². The molecule has 0 radical (unpaired) electrons. The summed E-state index contributed by atoms with van der Waals surface area (Å²) in [7, 11) is 0. The first-order valence-corrected chi connectivity index (χ1v) is 4.64. The van der Waals surface area contributed by atoms with Gasteiger partial charge in [0, 0.05) is 4.48 Å². The predicted octanol–water partition coefficient (Wildman–Crippen LogP) is 3.79. The van der Waals surface area contributed by atoms with Crippen LogP contribution in [0.4, 0.5) is 0 Å². The van der Waals surface area contributed by atoms with Crippen LogP contribution in [0.1, 0.15) is 13.8 Å². The standard InChI is InChI=1S/C5H7Br3/c1-5(2,8)4(7)3-6/h3H,1-2H3. The Balaban J connectivity index is 4.03. The van der Waals surface area contributed by atoms with Gasteiger partial charge in [0.05, 0.1) is 4.32 Å². The zero-order chi connectivity index (χ0) is 6.78. The third kappa shape index (κ3) is 3.25. The summed E-state index contributed by atoms with van der Waals surface area (Å²) in [6, 6.07) is 0. The molecule has 0 saturated heterocycles. The van der Waals surface area contributed by atoms with Crippen LogP contribution >= 0.6 is 47.8 Å². The fourth-order valence-electron chi connectivity index (χ4n) is 0.130. The summed E-state index contributed by atoms with van der Waals surface area (Å²) in [5, 5.41) is 0. The summed E-state index contributed by atoms with van der Waals surface area (Å²) in [5.41, 5.74) is 0. The second kappa shape index (κ2) is 3.37. The van der Waals surface area contributed by atoms with Gasteiger partial charge in [0.25, 0.3) is 0 Å². The van der Waals surface area contributed by atoms with Gasteiger partial charge in [-0.05, 0) is 18.8 Å². The Morgan fingerprint density at radius 3 is 1.88 bits per heavy atom. The summed E-state index contributed by atoms with van der Waals surface area (Å²) in [6.07, 6.45) is 0. The fraction of sp³-hybridized carbons (Fsp3) is 0.600. The molecule has 0 aromatic heterocycles. The molecule has 0 nitrogen and oxygen atoms in total. The summed E-state index contributed by atoms with van der Waals surface area (Å²) in [4.78, 5) is 1.85. The molecule has 0 rings (SSSR count). The average Bonchev–Trinajstić information content (AvgIpc) is 1.62. The lowest BCUT2D eigenvalue weighted by Gasteiger charge is -2.13. The minimum Gasteiger partial charge on any atom is -0.0801 e. The highest BCUT2D eigenvalue weighted by molar-refractivity contribution is 9.15. The summed E-state index contributed by atoms with van der Waals surface area (Å²) < 4.78 is 1.15. The molecule has 0 bridgehead atoms. The van der Waals surface area contributed by atoms with Crippen molar-refractivity contribution >= 4 is 47.8 Å². The average molecular weight is 307 g/mol. The third-order valence-electron chi connectivity index (χ3n) is 0.664. The SMILES string of the molecule is CC(C)(Br)C(Br)=CBr. The van der Waals surface area contributed by atoms with Crippen LogP contribution in [0, 0.1) is 0 Å². The molecule has 8 heavy (non-hydrogen) atoms. The van der Waals surface area contributed by atoms with Gasteiger partial charge in [0.15, 0.2) is 0 Å². The first kappa shape index (κ1) is 9.18. The van der Waals surface area contributed by atoms with E-state index < -0.39 is 0 Å². The molecule has 0 amide bonds. The van der Waals surface area contributed by atoms with Gasteiger partial charge in [0.2, 0.25) is 0 Å². The molecule has 0 spiro atoms. The zero-order valence-electron chi connectivity index (χ0n) is 4.71. The van der Waals surface area contributed by atoms with E-state index >= 15 is 0 Å². The van der Waals surface area contributed by atoms with E-state index in [9.17, 15) is 0 Å². The molecule has 0 N–H and O–H groups in total. The maximum absolute atomic E-state index is 3.46. The monoisotopic (exact) mass is 304 g/mol. The molecular formula is C5H7Br3. The molecule has 0 aliphatic carbocycles. The van der Waals surface area contributed by atoms with Crippen LogP contribution in [0.5, 0.6) is 0 Å². The lowest BCUT2D eigenvalue weighted by molar-refractivity contribution is 0.912. The van der Waals surface area contributed by atoms with E-state index in [4.69, 9.17) is 0 Å². The number of rotatable bonds is 1. The van der Waals surface area contributed by atoms with Crippen molar-refractivity contribution in [2.24, 2.45) is 0 Å². The Morgan fingerprint density at radius 2 is 1.88 bits per heavy atom. The lowest BCUT2D eigenvalue weighted by Crippen LogP contribution is -2.07. The fourth-order valence-corrected chi connectivity index (χ4v) is 1.12. The van der Waals surface area contributed by atoms with E-state index in [0.717, 1.165) is 4.48 Å². The van der Waals surface area contributed by atoms with Gasteiger partial charge >= 0.3 is 0 Å². The highest BCUT2D eigenvalue weighted by atomic mass is 79.9. The van der Waals surface area contributed by atoms with E-state index in [0.29, 0.717) is 0 Å². The number of allylic oxidation sites excluding steroid dienone is 1. The normalized spacial score (nSPS) is 14.4. The molecule has 0 aliphatic rings. The van der Waals surface area contributed by atoms with Crippen LogP contribution in [-0.4, -0.2) is 4.32 Å². The van der Waals surface area contributed by atoms with E-state index in [1.165, 1.54) is 0 Å². The zero-order valence-corrected chi connectivity index (χ0v) is 9.47. The first-order valence-electron chi connectivity index (χ1n) is 2.13. The summed E-state index contributed by atoms with van der Waals surface area (Å²) in [6.45, 7) is 4.13. The molecule has 3 heteroatoms. The second-order valence-electron chi connectivity index (χ2n) is 1.93. The van der Waals surface area contributed by atoms with Crippen molar-refractivity contribution in [3.63, 3.8) is 0 Å². The van der Waals surface area contributed by atoms with Crippen molar-refractivity contribution in [2.75, 3.05) is 0 Å². The minimum atomic E-state index is 0.0521. The van der Waals surface area contributed by atoms with Crippen molar-refractivity contribution in [3.05, 3.63) is 9.47 Å². The smallest absolute Gasteiger partial charge is 0.0520 e. The van der Waals surface area contributed by atoms with Crippen LogP contribution in [0.15, 0.2) is 9.47 Å². The predicted molar refractivity (Wildman–Crippen MR) is 48.9 cm³/mol. The van der Waals surface area contributed by atoms with Gasteiger partial charge in [-0.25, -0.2) is 0 Å². The van der Waals surface area contributed by atoms with Crippen molar-refractivity contribution in [3.8, 4) is 0 Å². The Kier molecular flexibility index (Phi) is 3.87. The van der Waals surface area contributed by atoms with Gasteiger partial charge in [-0.1, -0.05) is 47.8 Å². The number of halogens is 3. The van der Waals surface area contributed by atoms with E-state index in [1.807, 2.05) is 4.99 Å². The largest absolute Gasteiger partial charge is 0.0801 e. The molecular weight excluding hydrogens is 300 g/mol. The molecule has 0 heterocycles. The quantitative estimate of drug-likeness (QED) is 0.647. The van der Waals surface area contributed by atoms with Crippen LogP contribution < -0.4 is 0 Å². The molecule has 0 aromatic carbocycles. The molecule has 0 saturated carbocycles. The van der Waals surface area contributed by atoms with Crippen molar-refractivity contribution in [1.29, 1.82) is 0 Å². The Hall–Kier alpha value is 1.18. The van der Waals surface area contributed by atoms with E-state index in [2.05, 4.69) is 61.6 Å². The highest BCUT2D eigenvalue weighted by Gasteiger charge is 2.15. The minimum absolute atomic E-state index is 0.0521. The van der Waals surface area contributed by atoms with Gasteiger partial charge in [-0.3, -0.25) is 0 Å². The first-order chi connectivity index (χ1) is 3.48. The van der Waals surface area contributed by atoms with Crippen molar-refractivity contribution in [2.45, 2.75) is 18.2 Å². The topological polar surface area (TPSA) is 0 Å². The van der Waals surface area contributed by atoms with Crippen LogP contribution in [0.25, 0.3) is 0 Å². The molecule has 0 unspecified atom stereocenters. The molecule has 0 aliphatic heterocycles. The number of alkyl halides is 1. The van der Waals surface area contributed by atoms with E-state index in [1.54, 1.807) is 0 Å². The summed E-state index contributed by atoms with van der Waals surface area (Å²) in [5.74, 6) is 0. The van der Waals surface area contributed by atoms with Gasteiger partial charge in [0.1, 0.15) is 0 Å². The third-order valence-corrected chi connectivity index (χ3v) is 3.92. The number of hydrogen-bond donors (Lipinski definition) is 0. The van der Waals surface area contributed by atoms with Gasteiger partial charge in [-0.15, -0.1) is 0 Å². The molecule has 0 aromatic rings. The Labute approximate surface area is 75.1 Å². The van der Waals surface area contributed by atoms with Crippen LogP contribution in [0.3, 0.4) is 0 Å². The Bertz CT molecular complexity index is 98.7. The lowest BCUT2D eigenvalue weighted by atomic mass is 10.2.